The van der Waals surface area contributed by atoms with E-state index in [0.29, 0.717) is 35.9 Å². The van der Waals surface area contributed by atoms with E-state index >= 15 is 0 Å². The summed E-state index contributed by atoms with van der Waals surface area (Å²) in [5.74, 6) is 1.82. The Hall–Kier alpha value is -1.66. The van der Waals surface area contributed by atoms with Gasteiger partial charge in [0, 0.05) is 41.8 Å². The zero-order chi connectivity index (χ0) is 18.7. The van der Waals surface area contributed by atoms with E-state index in [0.717, 1.165) is 23.1 Å². The predicted molar refractivity (Wildman–Crippen MR) is 106 cm³/mol. The van der Waals surface area contributed by atoms with Gasteiger partial charge in [0.2, 0.25) is 0 Å². The Morgan fingerprint density at radius 3 is 2.62 bits per heavy atom. The number of benzene rings is 1. The van der Waals surface area contributed by atoms with Gasteiger partial charge in [0.25, 0.3) is 5.91 Å². The maximum atomic E-state index is 12.4. The minimum absolute atomic E-state index is 0.193. The molecular weight excluding hydrogens is 394 g/mol. The van der Waals surface area contributed by atoms with Crippen molar-refractivity contribution in [2.75, 3.05) is 19.6 Å². The number of nitrogens with zero attached hydrogens (tertiary/aromatic N) is 2. The molecule has 1 fully saturated rings. The number of hydrogen-bond acceptors (Lipinski definition) is 4. The molecule has 1 N–H and O–H groups in total. The number of aromatic nitrogens is 1. The molecule has 26 heavy (non-hydrogen) atoms. The number of carbonyl (C=O) groups excluding carboxylic acids is 1. The molecule has 140 valence electrons. The van der Waals surface area contributed by atoms with Crippen LogP contribution >= 0.6 is 15.9 Å². The van der Waals surface area contributed by atoms with Crippen LogP contribution < -0.4 is 5.32 Å². The summed E-state index contributed by atoms with van der Waals surface area (Å²) >= 11 is 3.41. The summed E-state index contributed by atoms with van der Waals surface area (Å²) in [6.45, 7) is 9.57. The highest BCUT2D eigenvalue weighted by Crippen LogP contribution is 2.23. The molecule has 0 bridgehead atoms. The molecule has 0 spiro atoms. The van der Waals surface area contributed by atoms with Crippen molar-refractivity contribution in [2.45, 2.75) is 33.2 Å². The average Bonchev–Trinajstić information content (AvgIpc) is 3.09. The van der Waals surface area contributed by atoms with Gasteiger partial charge in [0.05, 0.1) is 0 Å². The SMILES string of the molecule is C[C@@H]1C[C@@H](C)CN([C@H](C)CNC(=O)c2cc(-c3ccc(Br)cc3)on2)C1. The Balaban J connectivity index is 1.56. The zero-order valence-electron chi connectivity index (χ0n) is 15.5. The van der Waals surface area contributed by atoms with Crippen molar-refractivity contribution >= 4 is 21.8 Å². The summed E-state index contributed by atoms with van der Waals surface area (Å²) in [5, 5.41) is 6.91. The summed E-state index contributed by atoms with van der Waals surface area (Å²) in [4.78, 5) is 14.9. The minimum Gasteiger partial charge on any atom is -0.355 e. The van der Waals surface area contributed by atoms with Crippen LogP contribution in [0.4, 0.5) is 0 Å². The third-order valence-electron chi connectivity index (χ3n) is 4.95. The number of carbonyl (C=O) groups is 1. The minimum atomic E-state index is -0.193. The molecule has 1 saturated heterocycles. The van der Waals surface area contributed by atoms with Gasteiger partial charge in [-0.3, -0.25) is 9.69 Å². The zero-order valence-corrected chi connectivity index (χ0v) is 17.1. The van der Waals surface area contributed by atoms with Gasteiger partial charge in [0.15, 0.2) is 11.5 Å². The number of rotatable bonds is 5. The van der Waals surface area contributed by atoms with Gasteiger partial charge < -0.3 is 9.84 Å². The van der Waals surface area contributed by atoms with Crippen molar-refractivity contribution < 1.29 is 9.32 Å². The van der Waals surface area contributed by atoms with Crippen LogP contribution in [0.1, 0.15) is 37.7 Å². The smallest absolute Gasteiger partial charge is 0.273 e. The molecule has 0 radical (unpaired) electrons. The molecule has 1 aliphatic heterocycles. The molecule has 2 aromatic rings. The molecule has 0 unspecified atom stereocenters. The van der Waals surface area contributed by atoms with E-state index in [1.807, 2.05) is 24.3 Å². The lowest BCUT2D eigenvalue weighted by atomic mass is 9.91. The maximum absolute atomic E-state index is 12.4. The lowest BCUT2D eigenvalue weighted by Gasteiger charge is -2.38. The molecule has 2 heterocycles. The van der Waals surface area contributed by atoms with Crippen LogP contribution in [0, 0.1) is 11.8 Å². The molecule has 1 aliphatic rings. The molecule has 3 atom stereocenters. The first kappa shape index (κ1) is 19.1. The highest BCUT2D eigenvalue weighted by molar-refractivity contribution is 9.10. The molecule has 1 amide bonds. The van der Waals surface area contributed by atoms with Gasteiger partial charge in [-0.05, 0) is 37.3 Å². The van der Waals surface area contributed by atoms with Crippen LogP contribution in [0.2, 0.25) is 0 Å². The standard InChI is InChI=1S/C20H26BrN3O2/c1-13-8-14(2)12-24(11-13)15(3)10-22-20(25)18-9-19(26-23-18)16-4-6-17(21)7-5-16/h4-7,9,13-15H,8,10-12H2,1-3H3,(H,22,25)/t13-,14-,15-/m1/s1. The monoisotopic (exact) mass is 419 g/mol. The maximum Gasteiger partial charge on any atom is 0.273 e. The lowest BCUT2D eigenvalue weighted by molar-refractivity contribution is 0.0862. The summed E-state index contributed by atoms with van der Waals surface area (Å²) in [6.07, 6.45) is 1.29. The van der Waals surface area contributed by atoms with Gasteiger partial charge in [-0.1, -0.05) is 47.1 Å². The van der Waals surface area contributed by atoms with Gasteiger partial charge in [0.1, 0.15) is 0 Å². The van der Waals surface area contributed by atoms with Crippen molar-refractivity contribution in [3.63, 3.8) is 0 Å². The van der Waals surface area contributed by atoms with E-state index in [-0.39, 0.29) is 5.91 Å². The summed E-state index contributed by atoms with van der Waals surface area (Å²) in [6, 6.07) is 9.70. The molecule has 5 nitrogen and oxygen atoms in total. The normalized spacial score (nSPS) is 22.2. The molecule has 1 aromatic carbocycles. The Morgan fingerprint density at radius 2 is 1.96 bits per heavy atom. The molecule has 6 heteroatoms. The second-order valence-corrected chi connectivity index (χ2v) is 8.46. The highest BCUT2D eigenvalue weighted by atomic mass is 79.9. The second-order valence-electron chi connectivity index (χ2n) is 7.54. The summed E-state index contributed by atoms with van der Waals surface area (Å²) in [7, 11) is 0. The summed E-state index contributed by atoms with van der Waals surface area (Å²) in [5.41, 5.74) is 1.21. The van der Waals surface area contributed by atoms with Gasteiger partial charge in [-0.15, -0.1) is 0 Å². The Morgan fingerprint density at radius 1 is 1.31 bits per heavy atom. The topological polar surface area (TPSA) is 58.4 Å². The number of hydrogen-bond donors (Lipinski definition) is 1. The number of piperidine rings is 1. The van der Waals surface area contributed by atoms with Gasteiger partial charge in [-0.2, -0.15) is 0 Å². The molecular formula is C20H26BrN3O2. The molecule has 0 aliphatic carbocycles. The van der Waals surface area contributed by atoms with Crippen LogP contribution in [-0.4, -0.2) is 41.6 Å². The predicted octanol–water partition coefficient (Wildman–Crippen LogP) is 4.20. The first-order valence-electron chi connectivity index (χ1n) is 9.17. The van der Waals surface area contributed by atoms with E-state index in [9.17, 15) is 4.79 Å². The number of nitrogens with one attached hydrogen (secondary N) is 1. The van der Waals surface area contributed by atoms with Crippen molar-refractivity contribution in [2.24, 2.45) is 11.8 Å². The average molecular weight is 420 g/mol. The molecule has 3 rings (SSSR count). The number of amides is 1. The van der Waals surface area contributed by atoms with E-state index in [1.165, 1.54) is 6.42 Å². The Labute approximate surface area is 163 Å². The van der Waals surface area contributed by atoms with E-state index in [1.54, 1.807) is 6.07 Å². The van der Waals surface area contributed by atoms with Crippen molar-refractivity contribution in [3.8, 4) is 11.3 Å². The van der Waals surface area contributed by atoms with Crippen LogP contribution in [0.3, 0.4) is 0 Å². The second kappa shape index (κ2) is 8.35. The number of halogens is 1. The Kier molecular flexibility index (Phi) is 6.14. The molecule has 0 saturated carbocycles. The van der Waals surface area contributed by atoms with Crippen LogP contribution in [0.5, 0.6) is 0 Å². The first-order chi connectivity index (χ1) is 12.4. The van der Waals surface area contributed by atoms with Crippen LogP contribution in [0.25, 0.3) is 11.3 Å². The summed E-state index contributed by atoms with van der Waals surface area (Å²) < 4.78 is 6.32. The fourth-order valence-corrected chi connectivity index (χ4v) is 3.93. The quantitative estimate of drug-likeness (QED) is 0.788. The largest absolute Gasteiger partial charge is 0.355 e. The van der Waals surface area contributed by atoms with Crippen molar-refractivity contribution in [1.29, 1.82) is 0 Å². The highest BCUT2D eigenvalue weighted by Gasteiger charge is 2.25. The van der Waals surface area contributed by atoms with Crippen LogP contribution in [0.15, 0.2) is 39.3 Å². The van der Waals surface area contributed by atoms with Crippen molar-refractivity contribution in [3.05, 3.63) is 40.5 Å². The van der Waals surface area contributed by atoms with E-state index in [4.69, 9.17) is 4.52 Å². The lowest BCUT2D eigenvalue weighted by Crippen LogP contribution is -2.48. The van der Waals surface area contributed by atoms with Crippen LogP contribution in [-0.2, 0) is 0 Å². The Bertz CT molecular complexity index is 734. The van der Waals surface area contributed by atoms with Gasteiger partial charge >= 0.3 is 0 Å². The third kappa shape index (κ3) is 4.74. The van der Waals surface area contributed by atoms with Crippen molar-refractivity contribution in [1.82, 2.24) is 15.4 Å². The van der Waals surface area contributed by atoms with Gasteiger partial charge in [-0.25, -0.2) is 0 Å². The third-order valence-corrected chi connectivity index (χ3v) is 5.48. The van der Waals surface area contributed by atoms with E-state index < -0.39 is 0 Å². The number of likely N-dealkylation sites (tertiary alicyclic amines) is 1. The fraction of sp³-hybridized carbons (Fsp3) is 0.500. The molecule has 1 aromatic heterocycles. The fourth-order valence-electron chi connectivity index (χ4n) is 3.66. The van der Waals surface area contributed by atoms with E-state index in [2.05, 4.69) is 52.1 Å². The first-order valence-corrected chi connectivity index (χ1v) is 9.96.